The molecule has 212 valence electrons. The van der Waals surface area contributed by atoms with Gasteiger partial charge in [0.15, 0.2) is 23.0 Å². The summed E-state index contributed by atoms with van der Waals surface area (Å²) in [6, 6.07) is 2.70. The predicted octanol–water partition coefficient (Wildman–Crippen LogP) is 3.57. The van der Waals surface area contributed by atoms with E-state index in [0.717, 1.165) is 16.7 Å². The number of aryl methyl sites for hydroxylation is 1. The molecule has 0 saturated carbocycles. The number of nitriles is 1. The number of phenols is 2. The highest BCUT2D eigenvalue weighted by molar-refractivity contribution is 5.70. The lowest BCUT2D eigenvalue weighted by molar-refractivity contribution is -0.149. The Morgan fingerprint density at radius 1 is 1.15 bits per heavy atom. The summed E-state index contributed by atoms with van der Waals surface area (Å²) in [5.41, 5.74) is 4.58. The van der Waals surface area contributed by atoms with Gasteiger partial charge in [-0.3, -0.25) is 14.6 Å². The van der Waals surface area contributed by atoms with Crippen LogP contribution in [0.25, 0.3) is 0 Å². The van der Waals surface area contributed by atoms with Crippen LogP contribution in [0.5, 0.6) is 28.7 Å². The molecule has 2 aromatic carbocycles. The van der Waals surface area contributed by atoms with E-state index in [1.54, 1.807) is 14.0 Å². The fourth-order valence-electron chi connectivity index (χ4n) is 7.45. The average Bonchev–Trinajstić information content (AvgIpc) is 3.41. The lowest BCUT2D eigenvalue weighted by atomic mass is 9.71. The summed E-state index contributed by atoms with van der Waals surface area (Å²) in [6.07, 6.45) is 1.91. The topological polar surface area (TPSA) is 125 Å². The van der Waals surface area contributed by atoms with Crippen LogP contribution in [0.15, 0.2) is 6.07 Å². The minimum absolute atomic E-state index is 0.00196. The van der Waals surface area contributed by atoms with E-state index < -0.39 is 12.1 Å². The van der Waals surface area contributed by atoms with Crippen molar-refractivity contribution in [1.82, 2.24) is 9.80 Å². The Morgan fingerprint density at radius 3 is 2.60 bits per heavy atom. The first-order valence-corrected chi connectivity index (χ1v) is 13.8. The summed E-state index contributed by atoms with van der Waals surface area (Å²) < 4.78 is 23.1. The molecule has 5 atom stereocenters. The van der Waals surface area contributed by atoms with Crippen molar-refractivity contribution in [3.63, 3.8) is 0 Å². The molecule has 2 aromatic rings. The Bertz CT molecular complexity index is 1430. The molecule has 10 heteroatoms. The quantitative estimate of drug-likeness (QED) is 0.535. The van der Waals surface area contributed by atoms with Crippen LogP contribution in [-0.4, -0.2) is 71.7 Å². The zero-order chi connectivity index (χ0) is 28.5. The van der Waals surface area contributed by atoms with Crippen molar-refractivity contribution in [3.05, 3.63) is 39.4 Å². The van der Waals surface area contributed by atoms with Crippen molar-refractivity contribution in [3.8, 4) is 34.8 Å². The first-order chi connectivity index (χ1) is 19.2. The maximum atomic E-state index is 12.6. The van der Waals surface area contributed by atoms with Gasteiger partial charge in [-0.05, 0) is 51.3 Å². The van der Waals surface area contributed by atoms with Crippen LogP contribution >= 0.6 is 0 Å². The summed E-state index contributed by atoms with van der Waals surface area (Å²) in [5, 5.41) is 33.6. The molecule has 4 aliphatic heterocycles. The summed E-state index contributed by atoms with van der Waals surface area (Å²) in [5.74, 6) is 1.34. The minimum Gasteiger partial charge on any atom is -0.507 e. The molecule has 40 heavy (non-hydrogen) atoms. The number of carbonyl (C=O) groups is 1. The number of nitrogens with zero attached hydrogens (tertiary/aromatic N) is 3. The van der Waals surface area contributed by atoms with Crippen molar-refractivity contribution in [2.45, 2.75) is 76.7 Å². The second-order valence-electron chi connectivity index (χ2n) is 11.2. The van der Waals surface area contributed by atoms with E-state index in [4.69, 9.17) is 18.9 Å². The maximum absolute atomic E-state index is 12.6. The summed E-state index contributed by atoms with van der Waals surface area (Å²) in [7, 11) is 3.53. The molecule has 4 heterocycles. The molecule has 0 aromatic heterocycles. The van der Waals surface area contributed by atoms with E-state index in [9.17, 15) is 20.3 Å². The van der Waals surface area contributed by atoms with Crippen LogP contribution in [0.4, 0.5) is 0 Å². The van der Waals surface area contributed by atoms with Crippen LogP contribution < -0.4 is 14.2 Å². The number of phenolic OH excluding ortho intramolecular Hbond substituents is 2. The number of hydrogen-bond acceptors (Lipinski definition) is 10. The molecular formula is C30H35N3O7. The number of ether oxygens (including phenoxy) is 4. The smallest absolute Gasteiger partial charge is 0.305 e. The van der Waals surface area contributed by atoms with Gasteiger partial charge in [0, 0.05) is 40.8 Å². The van der Waals surface area contributed by atoms with Gasteiger partial charge in [0.2, 0.25) is 6.79 Å². The highest BCUT2D eigenvalue weighted by Crippen LogP contribution is 2.58. The zero-order valence-corrected chi connectivity index (χ0v) is 23.5. The fraction of sp³-hybridized carbons (Fsp3) is 0.533. The number of hydrogen-bond donors (Lipinski definition) is 2. The second kappa shape index (κ2) is 9.75. The van der Waals surface area contributed by atoms with E-state index >= 15 is 0 Å². The van der Waals surface area contributed by atoms with Crippen molar-refractivity contribution in [1.29, 1.82) is 5.26 Å². The summed E-state index contributed by atoms with van der Waals surface area (Å²) >= 11 is 0. The van der Waals surface area contributed by atoms with Crippen LogP contribution in [0.1, 0.15) is 65.2 Å². The Kier molecular flexibility index (Phi) is 6.47. The third-order valence-corrected chi connectivity index (χ3v) is 9.15. The first kappa shape index (κ1) is 26.5. The SMILES string of the molecule is CCCC(=O)OC[C@H]1c2c(c(O)c(C)c3c2OCO3)CC2[C@H]3c4c(cc(C)c(OC)c4O)C[C@@H]([C@H](C#N)N21)N3C. The van der Waals surface area contributed by atoms with E-state index in [0.29, 0.717) is 53.2 Å². The van der Waals surface area contributed by atoms with Gasteiger partial charge >= 0.3 is 5.97 Å². The molecule has 1 fully saturated rings. The number of rotatable bonds is 5. The van der Waals surface area contributed by atoms with Crippen LogP contribution in [-0.2, 0) is 22.4 Å². The third kappa shape index (κ3) is 3.64. The number of piperazine rings is 1. The molecule has 6 rings (SSSR count). The molecule has 0 spiro atoms. The standard InChI is InChI=1S/C30H35N3O7/c1-6-7-22(34)38-12-21-24-17(26(35)15(3)29-30(24)40-13-39-29)10-19-25-23-16(8-14(2)28(37-5)27(23)36)9-18(32(25)4)20(11-31)33(19)21/h8,18-21,25,35-36H,6-7,9-10,12-13H2,1-5H3/t18-,19?,20-,21-,25-/m0/s1. The van der Waals surface area contributed by atoms with E-state index in [2.05, 4.69) is 15.9 Å². The fourth-order valence-corrected chi connectivity index (χ4v) is 7.45. The van der Waals surface area contributed by atoms with Gasteiger partial charge in [-0.25, -0.2) is 0 Å². The van der Waals surface area contributed by atoms with Gasteiger partial charge in [-0.15, -0.1) is 0 Å². The van der Waals surface area contributed by atoms with Gasteiger partial charge in [-0.1, -0.05) is 13.0 Å². The zero-order valence-electron chi connectivity index (χ0n) is 23.5. The Morgan fingerprint density at radius 2 is 1.90 bits per heavy atom. The predicted molar refractivity (Wildman–Crippen MR) is 144 cm³/mol. The minimum atomic E-state index is -0.559. The lowest BCUT2D eigenvalue weighted by Gasteiger charge is -2.59. The Balaban J connectivity index is 1.57. The van der Waals surface area contributed by atoms with Crippen molar-refractivity contribution in [2.24, 2.45) is 0 Å². The van der Waals surface area contributed by atoms with Gasteiger partial charge < -0.3 is 29.2 Å². The summed E-state index contributed by atoms with van der Waals surface area (Å²) in [4.78, 5) is 16.9. The van der Waals surface area contributed by atoms with Gasteiger partial charge in [-0.2, -0.15) is 5.26 Å². The van der Waals surface area contributed by atoms with E-state index in [1.165, 1.54) is 0 Å². The maximum Gasteiger partial charge on any atom is 0.305 e. The number of methoxy groups -OCH3 is 1. The molecule has 0 radical (unpaired) electrons. The van der Waals surface area contributed by atoms with E-state index in [1.807, 2.05) is 27.0 Å². The number of aromatic hydroxyl groups is 2. The van der Waals surface area contributed by atoms with Gasteiger partial charge in [0.05, 0.1) is 25.3 Å². The highest BCUT2D eigenvalue weighted by atomic mass is 16.7. The second-order valence-corrected chi connectivity index (χ2v) is 11.2. The molecule has 2 N–H and O–H groups in total. The average molecular weight is 550 g/mol. The number of carbonyl (C=O) groups excluding carboxylic acids is 1. The molecule has 1 saturated heterocycles. The number of esters is 1. The molecule has 2 bridgehead atoms. The molecule has 4 aliphatic rings. The molecule has 1 unspecified atom stereocenters. The normalized spacial score (nSPS) is 26.4. The number of benzene rings is 2. The molecule has 0 aliphatic carbocycles. The van der Waals surface area contributed by atoms with Crippen molar-refractivity contribution in [2.75, 3.05) is 27.6 Å². The third-order valence-electron chi connectivity index (χ3n) is 9.15. The lowest BCUT2D eigenvalue weighted by Crippen LogP contribution is -2.68. The van der Waals surface area contributed by atoms with Gasteiger partial charge in [0.25, 0.3) is 0 Å². The van der Waals surface area contributed by atoms with Gasteiger partial charge in [0.1, 0.15) is 18.4 Å². The monoisotopic (exact) mass is 549 g/mol. The molecule has 10 nitrogen and oxygen atoms in total. The number of likely N-dealkylation sites (N-methyl/N-ethyl adjacent to an activating group) is 1. The molecule has 0 amide bonds. The molecular weight excluding hydrogens is 514 g/mol. The van der Waals surface area contributed by atoms with Crippen LogP contribution in [0.2, 0.25) is 0 Å². The van der Waals surface area contributed by atoms with E-state index in [-0.39, 0.29) is 55.4 Å². The Labute approximate surface area is 233 Å². The Hall–Kier alpha value is -3.68. The number of fused-ring (bicyclic) bond motifs is 9. The highest BCUT2D eigenvalue weighted by Gasteiger charge is 2.57. The summed E-state index contributed by atoms with van der Waals surface area (Å²) in [6.45, 7) is 5.63. The van der Waals surface area contributed by atoms with Crippen molar-refractivity contribution >= 4 is 5.97 Å². The largest absolute Gasteiger partial charge is 0.507 e. The van der Waals surface area contributed by atoms with Crippen molar-refractivity contribution < 1.29 is 34.0 Å². The first-order valence-electron chi connectivity index (χ1n) is 13.8. The van der Waals surface area contributed by atoms with Crippen LogP contribution in [0, 0.1) is 25.2 Å². The van der Waals surface area contributed by atoms with Crippen LogP contribution in [0.3, 0.4) is 0 Å².